The third-order valence-electron chi connectivity index (χ3n) is 5.40. The molecule has 8 nitrogen and oxygen atoms in total. The first-order valence-corrected chi connectivity index (χ1v) is 9.95. The van der Waals surface area contributed by atoms with E-state index in [9.17, 15) is 14.4 Å². The van der Waals surface area contributed by atoms with Crippen LogP contribution in [0.2, 0.25) is 0 Å². The number of hydrogen-bond donors (Lipinski definition) is 2. The van der Waals surface area contributed by atoms with Crippen LogP contribution in [0.4, 0.5) is 0 Å². The molecule has 1 saturated carbocycles. The van der Waals surface area contributed by atoms with Gasteiger partial charge in [0.1, 0.15) is 0 Å². The van der Waals surface area contributed by atoms with Crippen LogP contribution in [0.3, 0.4) is 0 Å². The summed E-state index contributed by atoms with van der Waals surface area (Å²) >= 11 is 0. The molecule has 8 heteroatoms. The Kier molecular flexibility index (Phi) is 8.79. The number of carbonyl (C=O) groups is 3. The van der Waals surface area contributed by atoms with Crippen LogP contribution in [0.15, 0.2) is 36.7 Å². The normalized spacial score (nSPS) is 22.0. The largest absolute Gasteiger partial charge is 0.478 e. The maximum absolute atomic E-state index is 12.7. The van der Waals surface area contributed by atoms with Crippen LogP contribution in [0, 0.1) is 0 Å². The van der Waals surface area contributed by atoms with Crippen molar-refractivity contribution in [2.24, 2.45) is 0 Å². The Labute approximate surface area is 170 Å². The number of amides is 1. The van der Waals surface area contributed by atoms with Gasteiger partial charge in [-0.2, -0.15) is 0 Å². The fraction of sp³-hybridized carbons (Fsp3) is 0.524. The minimum absolute atomic E-state index is 0.110. The zero-order valence-electron chi connectivity index (χ0n) is 16.7. The molecule has 2 fully saturated rings. The van der Waals surface area contributed by atoms with Crippen molar-refractivity contribution < 1.29 is 24.6 Å². The predicted molar refractivity (Wildman–Crippen MR) is 108 cm³/mol. The standard InChI is InChI=1S/C17H25N3O.C4H4O4/c1-19(17(21)14-7-6-10-18-13-14)15-8-2-3-9-16(15)20-11-4-5-12-20;5-3(6)1-2-4(7)8/h6-7,10,13,15-16H,2-5,8-9,11-12H2,1H3;1-2H,(H,5,6)(H,7,8)/b;2-1+/t15-,16+;/m1./s1. The molecule has 2 heterocycles. The van der Waals surface area contributed by atoms with Gasteiger partial charge in [0, 0.05) is 43.7 Å². The lowest BCUT2D eigenvalue weighted by Crippen LogP contribution is -2.53. The highest BCUT2D eigenvalue weighted by atomic mass is 16.4. The summed E-state index contributed by atoms with van der Waals surface area (Å²) in [5.41, 5.74) is 0.700. The summed E-state index contributed by atoms with van der Waals surface area (Å²) in [4.78, 5) is 40.4. The monoisotopic (exact) mass is 403 g/mol. The van der Waals surface area contributed by atoms with Crippen molar-refractivity contribution in [2.45, 2.75) is 50.6 Å². The van der Waals surface area contributed by atoms with Crippen LogP contribution in [0.25, 0.3) is 0 Å². The van der Waals surface area contributed by atoms with E-state index in [2.05, 4.69) is 9.88 Å². The maximum Gasteiger partial charge on any atom is 0.328 e. The van der Waals surface area contributed by atoms with Crippen LogP contribution in [-0.2, 0) is 9.59 Å². The molecule has 2 atom stereocenters. The molecular weight excluding hydrogens is 374 g/mol. The molecule has 1 aliphatic heterocycles. The third kappa shape index (κ3) is 6.98. The van der Waals surface area contributed by atoms with Crippen LogP contribution in [0.5, 0.6) is 0 Å². The SMILES string of the molecule is CN(C(=O)c1cccnc1)[C@@H]1CCCC[C@@H]1N1CCCC1.O=C(O)/C=C/C(=O)O. The van der Waals surface area contributed by atoms with E-state index < -0.39 is 11.9 Å². The Morgan fingerprint density at radius 1 is 1.07 bits per heavy atom. The summed E-state index contributed by atoms with van der Waals surface area (Å²) < 4.78 is 0. The minimum Gasteiger partial charge on any atom is -0.478 e. The first-order chi connectivity index (χ1) is 13.9. The quantitative estimate of drug-likeness (QED) is 0.726. The van der Waals surface area contributed by atoms with E-state index in [1.165, 1.54) is 45.2 Å². The Morgan fingerprint density at radius 2 is 1.69 bits per heavy atom. The van der Waals surface area contributed by atoms with Gasteiger partial charge < -0.3 is 15.1 Å². The fourth-order valence-electron chi connectivity index (χ4n) is 4.03. The first kappa shape index (κ1) is 22.5. The molecule has 1 saturated heterocycles. The summed E-state index contributed by atoms with van der Waals surface area (Å²) in [5.74, 6) is -2.40. The van der Waals surface area contributed by atoms with E-state index in [-0.39, 0.29) is 5.91 Å². The molecule has 0 unspecified atom stereocenters. The van der Waals surface area contributed by atoms with E-state index >= 15 is 0 Å². The zero-order valence-corrected chi connectivity index (χ0v) is 16.7. The lowest BCUT2D eigenvalue weighted by atomic mass is 9.88. The Morgan fingerprint density at radius 3 is 2.24 bits per heavy atom. The highest BCUT2D eigenvalue weighted by Gasteiger charge is 2.35. The zero-order chi connectivity index (χ0) is 21.2. The van der Waals surface area contributed by atoms with Gasteiger partial charge in [-0.1, -0.05) is 12.8 Å². The molecule has 1 amide bonds. The first-order valence-electron chi connectivity index (χ1n) is 9.95. The van der Waals surface area contributed by atoms with Crippen LogP contribution >= 0.6 is 0 Å². The van der Waals surface area contributed by atoms with Crippen molar-refractivity contribution >= 4 is 17.8 Å². The second kappa shape index (κ2) is 11.3. The predicted octanol–water partition coefficient (Wildman–Crippen LogP) is 2.27. The van der Waals surface area contributed by atoms with Gasteiger partial charge in [-0.05, 0) is 50.9 Å². The number of pyridine rings is 1. The molecule has 29 heavy (non-hydrogen) atoms. The van der Waals surface area contributed by atoms with Crippen molar-refractivity contribution in [3.05, 3.63) is 42.2 Å². The summed E-state index contributed by atoms with van der Waals surface area (Å²) in [5, 5.41) is 15.6. The van der Waals surface area contributed by atoms with Crippen molar-refractivity contribution in [2.75, 3.05) is 20.1 Å². The lowest BCUT2D eigenvalue weighted by Gasteiger charge is -2.42. The summed E-state index contributed by atoms with van der Waals surface area (Å²) in [7, 11) is 1.97. The molecule has 1 aliphatic carbocycles. The Bertz CT molecular complexity index is 700. The van der Waals surface area contributed by atoms with Gasteiger partial charge in [-0.25, -0.2) is 9.59 Å². The molecule has 0 spiro atoms. The molecule has 0 bridgehead atoms. The number of nitrogens with zero attached hydrogens (tertiary/aromatic N) is 3. The molecule has 2 aliphatic rings. The smallest absolute Gasteiger partial charge is 0.328 e. The number of aromatic nitrogens is 1. The van der Waals surface area contributed by atoms with Gasteiger partial charge in [-0.15, -0.1) is 0 Å². The van der Waals surface area contributed by atoms with Gasteiger partial charge >= 0.3 is 11.9 Å². The number of rotatable bonds is 5. The average Bonchev–Trinajstić information content (AvgIpc) is 3.27. The van der Waals surface area contributed by atoms with Crippen LogP contribution < -0.4 is 0 Å². The molecule has 1 aromatic heterocycles. The van der Waals surface area contributed by atoms with Gasteiger partial charge in [0.2, 0.25) is 0 Å². The van der Waals surface area contributed by atoms with E-state index in [0.29, 0.717) is 29.8 Å². The van der Waals surface area contributed by atoms with Gasteiger partial charge in [0.15, 0.2) is 0 Å². The number of carboxylic acids is 2. The van der Waals surface area contributed by atoms with E-state index in [1.54, 1.807) is 12.4 Å². The minimum atomic E-state index is -1.26. The van der Waals surface area contributed by atoms with Gasteiger partial charge in [0.25, 0.3) is 5.91 Å². The second-order valence-corrected chi connectivity index (χ2v) is 7.33. The summed E-state index contributed by atoms with van der Waals surface area (Å²) in [6.07, 6.45) is 12.0. The number of hydrogen-bond acceptors (Lipinski definition) is 5. The van der Waals surface area contributed by atoms with Gasteiger partial charge in [-0.3, -0.25) is 14.7 Å². The molecule has 0 radical (unpaired) electrons. The molecular formula is C21H29N3O5. The van der Waals surface area contributed by atoms with E-state index in [4.69, 9.17) is 10.2 Å². The van der Waals surface area contributed by atoms with Crippen LogP contribution in [0.1, 0.15) is 48.9 Å². The number of likely N-dealkylation sites (N-methyl/N-ethyl adjacent to an activating group) is 1. The van der Waals surface area contributed by atoms with Crippen molar-refractivity contribution in [1.29, 1.82) is 0 Å². The maximum atomic E-state index is 12.7. The van der Waals surface area contributed by atoms with Crippen molar-refractivity contribution in [3.63, 3.8) is 0 Å². The topological polar surface area (TPSA) is 111 Å². The van der Waals surface area contributed by atoms with Gasteiger partial charge in [0.05, 0.1) is 5.56 Å². The number of likely N-dealkylation sites (tertiary alicyclic amines) is 1. The third-order valence-corrected chi connectivity index (χ3v) is 5.40. The average molecular weight is 403 g/mol. The Balaban J connectivity index is 0.000000321. The summed E-state index contributed by atoms with van der Waals surface area (Å²) in [6.45, 7) is 2.41. The van der Waals surface area contributed by atoms with Crippen molar-refractivity contribution in [1.82, 2.24) is 14.8 Å². The van der Waals surface area contributed by atoms with Crippen LogP contribution in [-0.4, -0.2) is 75.1 Å². The number of carboxylic acid groups (broad SMARTS) is 2. The number of carbonyl (C=O) groups excluding carboxylic acids is 1. The second-order valence-electron chi connectivity index (χ2n) is 7.33. The molecule has 158 valence electrons. The Hall–Kier alpha value is -2.74. The number of aliphatic carboxylic acids is 2. The van der Waals surface area contributed by atoms with E-state index in [1.807, 2.05) is 24.1 Å². The highest BCUT2D eigenvalue weighted by Crippen LogP contribution is 2.29. The molecule has 0 aromatic carbocycles. The van der Waals surface area contributed by atoms with E-state index in [0.717, 1.165) is 6.42 Å². The summed E-state index contributed by atoms with van der Waals surface area (Å²) in [6, 6.07) is 4.59. The van der Waals surface area contributed by atoms with Crippen molar-refractivity contribution in [3.8, 4) is 0 Å². The molecule has 1 aromatic rings. The molecule has 3 rings (SSSR count). The highest BCUT2D eigenvalue weighted by molar-refractivity contribution is 5.94. The fourth-order valence-corrected chi connectivity index (χ4v) is 4.03. The lowest BCUT2D eigenvalue weighted by molar-refractivity contribution is -0.134. The molecule has 2 N–H and O–H groups in total.